The summed E-state index contributed by atoms with van der Waals surface area (Å²) in [5.74, 6) is -0.975. The summed E-state index contributed by atoms with van der Waals surface area (Å²) in [6.45, 7) is 0.508. The number of primary amides is 1. The van der Waals surface area contributed by atoms with Crippen LogP contribution in [-0.2, 0) is 6.54 Å². The number of anilines is 1. The Morgan fingerprint density at radius 3 is 2.83 bits per heavy atom. The first-order chi connectivity index (χ1) is 8.65. The summed E-state index contributed by atoms with van der Waals surface area (Å²) in [4.78, 5) is 14.5. The molecule has 0 fully saturated rings. The minimum absolute atomic E-state index is 0.458. The molecule has 0 bridgehead atoms. The molecule has 0 radical (unpaired) electrons. The van der Waals surface area contributed by atoms with Crippen molar-refractivity contribution in [3.63, 3.8) is 0 Å². The van der Waals surface area contributed by atoms with Crippen LogP contribution < -0.4 is 11.1 Å². The van der Waals surface area contributed by atoms with Crippen molar-refractivity contribution in [3.8, 4) is 0 Å². The van der Waals surface area contributed by atoms with Gasteiger partial charge in [0.1, 0.15) is 0 Å². The Morgan fingerprint density at radius 2 is 2.17 bits per heavy atom. The maximum atomic E-state index is 12.6. The van der Waals surface area contributed by atoms with Gasteiger partial charge >= 0.3 is 0 Å². The summed E-state index contributed by atoms with van der Waals surface area (Å²) >= 11 is 0. The Hall–Kier alpha value is -2.43. The molecule has 1 amide bonds. The van der Waals surface area contributed by atoms with Crippen LogP contribution in [-0.4, -0.2) is 10.9 Å². The molecule has 2 aromatic rings. The molecule has 0 atom stereocenters. The van der Waals surface area contributed by atoms with Crippen molar-refractivity contribution in [2.45, 2.75) is 6.54 Å². The first-order valence-corrected chi connectivity index (χ1v) is 5.39. The second kappa shape index (κ2) is 5.27. The number of carbonyl (C=O) groups excluding carboxylic acids is 1. The lowest BCUT2D eigenvalue weighted by Gasteiger charge is -2.06. The quantitative estimate of drug-likeness (QED) is 0.809. The van der Waals surface area contributed by atoms with Gasteiger partial charge in [0.25, 0.3) is 0 Å². The third-order valence-electron chi connectivity index (χ3n) is 2.44. The summed E-state index contributed by atoms with van der Waals surface area (Å²) in [6.07, 6.45) is 1.41. The van der Waals surface area contributed by atoms with Crippen LogP contribution in [0.3, 0.4) is 0 Å². The second-order valence-corrected chi connectivity index (χ2v) is 3.79. The smallest absolute Gasteiger partial charge is 0.248 e. The number of nitrogens with zero attached hydrogens (tertiary/aromatic N) is 1. The second-order valence-electron chi connectivity index (χ2n) is 3.79. The van der Waals surface area contributed by atoms with Gasteiger partial charge in [-0.3, -0.25) is 4.79 Å². The number of nitrogens with two attached hydrogens (primary N) is 1. The molecule has 4 nitrogen and oxygen atoms in total. The van der Waals surface area contributed by atoms with Gasteiger partial charge in [-0.1, -0.05) is 12.1 Å². The van der Waals surface area contributed by atoms with Gasteiger partial charge in [-0.2, -0.15) is 4.39 Å². The standard InChI is InChI=1S/C13H12FN3O/c14-12-5-4-11(8-17-12)16-7-9-2-1-3-10(6-9)13(15)18/h1-6,8,16H,7H2,(H2,15,18). The number of amides is 1. The first kappa shape index (κ1) is 12.0. The van der Waals surface area contributed by atoms with E-state index in [1.165, 1.54) is 12.3 Å². The molecule has 0 aliphatic carbocycles. The van der Waals surface area contributed by atoms with Crippen molar-refractivity contribution in [2.75, 3.05) is 5.32 Å². The highest BCUT2D eigenvalue weighted by atomic mass is 19.1. The summed E-state index contributed by atoms with van der Waals surface area (Å²) in [5, 5.41) is 3.07. The van der Waals surface area contributed by atoms with Crippen LogP contribution in [0.4, 0.5) is 10.1 Å². The lowest BCUT2D eigenvalue weighted by Crippen LogP contribution is -2.11. The molecule has 18 heavy (non-hydrogen) atoms. The van der Waals surface area contributed by atoms with Crippen LogP contribution in [0.1, 0.15) is 15.9 Å². The highest BCUT2D eigenvalue weighted by molar-refractivity contribution is 5.92. The van der Waals surface area contributed by atoms with Crippen LogP contribution in [0.25, 0.3) is 0 Å². The van der Waals surface area contributed by atoms with Gasteiger partial charge in [0.2, 0.25) is 11.9 Å². The molecular weight excluding hydrogens is 233 g/mol. The van der Waals surface area contributed by atoms with Crippen molar-refractivity contribution in [1.82, 2.24) is 4.98 Å². The third-order valence-corrected chi connectivity index (χ3v) is 2.44. The Labute approximate surface area is 104 Å². The Balaban J connectivity index is 2.04. The fraction of sp³-hybridized carbons (Fsp3) is 0.0769. The Kier molecular flexibility index (Phi) is 3.52. The van der Waals surface area contributed by atoms with Crippen LogP contribution >= 0.6 is 0 Å². The predicted molar refractivity (Wildman–Crippen MR) is 66.5 cm³/mol. The minimum atomic E-state index is -0.517. The average Bonchev–Trinajstić information content (AvgIpc) is 2.38. The summed E-state index contributed by atoms with van der Waals surface area (Å²) < 4.78 is 12.6. The van der Waals surface area contributed by atoms with Gasteiger partial charge in [0.05, 0.1) is 11.9 Å². The molecule has 5 heteroatoms. The van der Waals surface area contributed by atoms with Crippen LogP contribution in [0.15, 0.2) is 42.6 Å². The number of hydrogen-bond acceptors (Lipinski definition) is 3. The van der Waals surface area contributed by atoms with Crippen LogP contribution in [0.2, 0.25) is 0 Å². The van der Waals surface area contributed by atoms with Crippen molar-refractivity contribution < 1.29 is 9.18 Å². The first-order valence-electron chi connectivity index (χ1n) is 5.39. The fourth-order valence-corrected chi connectivity index (χ4v) is 1.52. The van der Waals surface area contributed by atoms with Crippen LogP contribution in [0, 0.1) is 5.95 Å². The summed E-state index contributed by atoms with van der Waals surface area (Å²) in [5.41, 5.74) is 7.28. The zero-order chi connectivity index (χ0) is 13.0. The lowest BCUT2D eigenvalue weighted by atomic mass is 10.1. The van der Waals surface area contributed by atoms with E-state index in [1.807, 2.05) is 6.07 Å². The number of benzene rings is 1. The molecule has 0 aliphatic rings. The molecule has 0 saturated carbocycles. The molecule has 0 saturated heterocycles. The molecule has 92 valence electrons. The molecule has 1 heterocycles. The molecule has 3 N–H and O–H groups in total. The maximum absolute atomic E-state index is 12.6. The highest BCUT2D eigenvalue weighted by Crippen LogP contribution is 2.09. The largest absolute Gasteiger partial charge is 0.380 e. The zero-order valence-corrected chi connectivity index (χ0v) is 9.56. The van der Waals surface area contributed by atoms with Gasteiger partial charge in [-0.05, 0) is 29.8 Å². The maximum Gasteiger partial charge on any atom is 0.248 e. The van der Waals surface area contributed by atoms with E-state index in [-0.39, 0.29) is 0 Å². The van der Waals surface area contributed by atoms with E-state index in [0.717, 1.165) is 5.56 Å². The molecule has 1 aromatic heterocycles. The number of nitrogens with one attached hydrogen (secondary N) is 1. The monoisotopic (exact) mass is 245 g/mol. The molecule has 0 aliphatic heterocycles. The summed E-state index contributed by atoms with van der Waals surface area (Å²) in [7, 11) is 0. The molecule has 2 rings (SSSR count). The van der Waals surface area contributed by atoms with E-state index in [9.17, 15) is 9.18 Å². The Morgan fingerprint density at radius 1 is 1.33 bits per heavy atom. The number of hydrogen-bond donors (Lipinski definition) is 2. The van der Waals surface area contributed by atoms with Gasteiger partial charge in [0, 0.05) is 12.1 Å². The highest BCUT2D eigenvalue weighted by Gasteiger charge is 2.01. The molecular formula is C13H12FN3O. The van der Waals surface area contributed by atoms with Crippen molar-refractivity contribution >= 4 is 11.6 Å². The number of carbonyl (C=O) groups is 1. The van der Waals surface area contributed by atoms with Crippen molar-refractivity contribution in [1.29, 1.82) is 0 Å². The molecule has 0 spiro atoms. The van der Waals surface area contributed by atoms with E-state index in [4.69, 9.17) is 5.73 Å². The van der Waals surface area contributed by atoms with Crippen molar-refractivity contribution in [2.24, 2.45) is 5.73 Å². The molecule has 0 unspecified atom stereocenters. The van der Waals surface area contributed by atoms with Gasteiger partial charge in [-0.25, -0.2) is 4.98 Å². The minimum Gasteiger partial charge on any atom is -0.380 e. The van der Waals surface area contributed by atoms with E-state index in [0.29, 0.717) is 17.8 Å². The SMILES string of the molecule is NC(=O)c1cccc(CNc2ccc(F)nc2)c1. The number of pyridine rings is 1. The van der Waals surface area contributed by atoms with E-state index < -0.39 is 11.9 Å². The average molecular weight is 245 g/mol. The number of halogens is 1. The van der Waals surface area contributed by atoms with Gasteiger partial charge in [-0.15, -0.1) is 0 Å². The topological polar surface area (TPSA) is 68.0 Å². The van der Waals surface area contributed by atoms with Gasteiger partial charge in [0.15, 0.2) is 0 Å². The zero-order valence-electron chi connectivity index (χ0n) is 9.56. The molecule has 1 aromatic carbocycles. The van der Waals surface area contributed by atoms with Gasteiger partial charge < -0.3 is 11.1 Å². The van der Waals surface area contributed by atoms with E-state index >= 15 is 0 Å². The normalized spacial score (nSPS) is 10.1. The third kappa shape index (κ3) is 3.04. The fourth-order valence-electron chi connectivity index (χ4n) is 1.52. The van der Waals surface area contributed by atoms with Crippen LogP contribution in [0.5, 0.6) is 0 Å². The van der Waals surface area contributed by atoms with Crippen molar-refractivity contribution in [3.05, 3.63) is 59.7 Å². The van der Waals surface area contributed by atoms with E-state index in [2.05, 4.69) is 10.3 Å². The number of aromatic nitrogens is 1. The Bertz CT molecular complexity index is 554. The lowest BCUT2D eigenvalue weighted by molar-refractivity contribution is 0.1000. The predicted octanol–water partition coefficient (Wildman–Crippen LogP) is 1.93. The summed E-state index contributed by atoms with van der Waals surface area (Å²) in [6, 6.07) is 9.89. The number of rotatable bonds is 4. The van der Waals surface area contributed by atoms with E-state index in [1.54, 1.807) is 24.3 Å².